The molecule has 0 unspecified atom stereocenters. The Morgan fingerprint density at radius 2 is 2.00 bits per heavy atom. The SMILES string of the molecule is COCCOCCCNC(=O)NC(=O)CCl. The molecule has 0 aromatic rings. The molecular formula is C9H17ClN2O4. The minimum Gasteiger partial charge on any atom is -0.382 e. The van der Waals surface area contributed by atoms with E-state index >= 15 is 0 Å². The summed E-state index contributed by atoms with van der Waals surface area (Å²) in [6, 6.07) is -0.539. The van der Waals surface area contributed by atoms with E-state index in [0.29, 0.717) is 32.8 Å². The number of ether oxygens (including phenoxy) is 2. The van der Waals surface area contributed by atoms with Crippen LogP contribution in [-0.4, -0.2) is 51.3 Å². The van der Waals surface area contributed by atoms with E-state index in [9.17, 15) is 9.59 Å². The third-order valence-corrected chi connectivity index (χ3v) is 1.80. The van der Waals surface area contributed by atoms with Gasteiger partial charge in [0.05, 0.1) is 13.2 Å². The molecule has 0 heterocycles. The Morgan fingerprint density at radius 1 is 1.25 bits per heavy atom. The number of carbonyl (C=O) groups is 2. The zero-order valence-electron chi connectivity index (χ0n) is 9.25. The standard InChI is InChI=1S/C9H17ClN2O4/c1-15-5-6-16-4-2-3-11-9(14)12-8(13)7-10/h2-7H2,1H3,(H2,11,12,13,14). The molecular weight excluding hydrogens is 236 g/mol. The number of imide groups is 1. The lowest BCUT2D eigenvalue weighted by Gasteiger charge is -2.06. The molecule has 0 rings (SSSR count). The molecule has 0 atom stereocenters. The molecule has 0 saturated heterocycles. The van der Waals surface area contributed by atoms with Gasteiger partial charge in [0, 0.05) is 20.3 Å². The van der Waals surface area contributed by atoms with Gasteiger partial charge in [0.2, 0.25) is 5.91 Å². The van der Waals surface area contributed by atoms with Gasteiger partial charge in [-0.1, -0.05) is 0 Å². The Morgan fingerprint density at radius 3 is 2.62 bits per heavy atom. The van der Waals surface area contributed by atoms with Gasteiger partial charge in [0.25, 0.3) is 0 Å². The topological polar surface area (TPSA) is 76.7 Å². The van der Waals surface area contributed by atoms with Gasteiger partial charge in [0.1, 0.15) is 5.88 Å². The van der Waals surface area contributed by atoms with Crippen LogP contribution in [0.3, 0.4) is 0 Å². The fourth-order valence-electron chi connectivity index (χ4n) is 0.825. The van der Waals surface area contributed by atoms with Crippen molar-refractivity contribution >= 4 is 23.5 Å². The largest absolute Gasteiger partial charge is 0.382 e. The van der Waals surface area contributed by atoms with Crippen molar-refractivity contribution in [2.75, 3.05) is 39.4 Å². The first kappa shape index (κ1) is 15.2. The van der Waals surface area contributed by atoms with Crippen LogP contribution in [0.1, 0.15) is 6.42 Å². The fraction of sp³-hybridized carbons (Fsp3) is 0.778. The van der Waals surface area contributed by atoms with Gasteiger partial charge in [-0.05, 0) is 6.42 Å². The van der Waals surface area contributed by atoms with Gasteiger partial charge in [-0.2, -0.15) is 0 Å². The molecule has 7 heteroatoms. The van der Waals surface area contributed by atoms with Crippen LogP contribution in [0.4, 0.5) is 4.79 Å². The summed E-state index contributed by atoms with van der Waals surface area (Å²) in [5, 5.41) is 4.56. The van der Waals surface area contributed by atoms with Gasteiger partial charge >= 0.3 is 6.03 Å². The molecule has 0 saturated carbocycles. The molecule has 16 heavy (non-hydrogen) atoms. The summed E-state index contributed by atoms with van der Waals surface area (Å²) in [6.07, 6.45) is 0.673. The van der Waals surface area contributed by atoms with E-state index in [-0.39, 0.29) is 5.88 Å². The molecule has 2 N–H and O–H groups in total. The number of halogens is 1. The monoisotopic (exact) mass is 252 g/mol. The Balaban J connectivity index is 3.24. The zero-order valence-corrected chi connectivity index (χ0v) is 10.0. The second kappa shape index (κ2) is 10.7. The minimum atomic E-state index is -0.539. The van der Waals surface area contributed by atoms with Gasteiger partial charge in [0.15, 0.2) is 0 Å². The van der Waals surface area contributed by atoms with E-state index in [2.05, 4.69) is 10.6 Å². The Labute approximate surface area is 99.6 Å². The van der Waals surface area contributed by atoms with E-state index in [1.54, 1.807) is 7.11 Å². The van der Waals surface area contributed by atoms with E-state index in [1.807, 2.05) is 0 Å². The molecule has 0 aromatic carbocycles. The fourth-order valence-corrected chi connectivity index (χ4v) is 0.892. The predicted octanol–water partition coefficient (Wildman–Crippen LogP) is 0.104. The average Bonchev–Trinajstić information content (AvgIpc) is 2.27. The Bertz CT molecular complexity index is 214. The maximum Gasteiger partial charge on any atom is 0.321 e. The summed E-state index contributed by atoms with van der Waals surface area (Å²) >= 11 is 5.20. The van der Waals surface area contributed by atoms with Crippen molar-refractivity contribution in [3.8, 4) is 0 Å². The molecule has 0 aliphatic rings. The highest BCUT2D eigenvalue weighted by atomic mass is 35.5. The van der Waals surface area contributed by atoms with Crippen LogP contribution < -0.4 is 10.6 Å². The molecule has 0 aromatic heterocycles. The third kappa shape index (κ3) is 9.70. The average molecular weight is 253 g/mol. The number of methoxy groups -OCH3 is 1. The van der Waals surface area contributed by atoms with Crippen molar-refractivity contribution < 1.29 is 19.1 Å². The molecule has 6 nitrogen and oxygen atoms in total. The van der Waals surface area contributed by atoms with E-state index in [0.717, 1.165) is 0 Å². The van der Waals surface area contributed by atoms with E-state index < -0.39 is 11.9 Å². The van der Waals surface area contributed by atoms with Crippen molar-refractivity contribution in [1.82, 2.24) is 10.6 Å². The number of nitrogens with one attached hydrogen (secondary N) is 2. The summed E-state index contributed by atoms with van der Waals surface area (Å²) in [6.45, 7) is 2.06. The molecule has 3 amide bonds. The van der Waals surface area contributed by atoms with E-state index in [1.165, 1.54) is 0 Å². The number of urea groups is 1. The highest BCUT2D eigenvalue weighted by molar-refractivity contribution is 6.28. The van der Waals surface area contributed by atoms with Crippen LogP contribution in [0, 0.1) is 0 Å². The molecule has 0 fully saturated rings. The lowest BCUT2D eigenvalue weighted by Crippen LogP contribution is -2.40. The lowest BCUT2D eigenvalue weighted by molar-refractivity contribution is -0.117. The van der Waals surface area contributed by atoms with Crippen molar-refractivity contribution in [1.29, 1.82) is 0 Å². The highest BCUT2D eigenvalue weighted by Crippen LogP contribution is 1.82. The van der Waals surface area contributed by atoms with Crippen molar-refractivity contribution in [3.05, 3.63) is 0 Å². The second-order valence-corrected chi connectivity index (χ2v) is 3.16. The molecule has 0 radical (unpaired) electrons. The highest BCUT2D eigenvalue weighted by Gasteiger charge is 2.04. The van der Waals surface area contributed by atoms with Crippen LogP contribution >= 0.6 is 11.6 Å². The van der Waals surface area contributed by atoms with Crippen LogP contribution in [0.15, 0.2) is 0 Å². The molecule has 0 spiro atoms. The molecule has 0 bridgehead atoms. The Kier molecular flexibility index (Phi) is 10.1. The van der Waals surface area contributed by atoms with Crippen LogP contribution in [0.2, 0.25) is 0 Å². The van der Waals surface area contributed by atoms with Gasteiger partial charge in [-0.15, -0.1) is 11.6 Å². The number of hydrogen-bond donors (Lipinski definition) is 2. The van der Waals surface area contributed by atoms with Gasteiger partial charge < -0.3 is 14.8 Å². The number of hydrogen-bond acceptors (Lipinski definition) is 4. The lowest BCUT2D eigenvalue weighted by atomic mass is 10.4. The summed E-state index contributed by atoms with van der Waals surface area (Å²) < 4.78 is 9.96. The second-order valence-electron chi connectivity index (χ2n) is 2.90. The predicted molar refractivity (Wildman–Crippen MR) is 59.6 cm³/mol. The van der Waals surface area contributed by atoms with Crippen molar-refractivity contribution in [2.45, 2.75) is 6.42 Å². The van der Waals surface area contributed by atoms with Gasteiger partial charge in [-0.25, -0.2) is 4.79 Å². The maximum absolute atomic E-state index is 11.0. The smallest absolute Gasteiger partial charge is 0.321 e. The number of carbonyl (C=O) groups excluding carboxylic acids is 2. The minimum absolute atomic E-state index is 0.229. The maximum atomic E-state index is 11.0. The molecule has 0 aliphatic carbocycles. The number of rotatable bonds is 8. The number of alkyl halides is 1. The number of amides is 3. The quantitative estimate of drug-likeness (QED) is 0.475. The molecule has 0 aliphatic heterocycles. The zero-order chi connectivity index (χ0) is 12.2. The van der Waals surface area contributed by atoms with Gasteiger partial charge in [-0.3, -0.25) is 10.1 Å². The summed E-state index contributed by atoms with van der Waals surface area (Å²) in [4.78, 5) is 21.7. The summed E-state index contributed by atoms with van der Waals surface area (Å²) in [5.74, 6) is -0.747. The van der Waals surface area contributed by atoms with E-state index in [4.69, 9.17) is 21.1 Å². The van der Waals surface area contributed by atoms with Crippen molar-refractivity contribution in [2.24, 2.45) is 0 Å². The Hall–Kier alpha value is -0.850. The summed E-state index contributed by atoms with van der Waals surface area (Å²) in [7, 11) is 1.60. The van der Waals surface area contributed by atoms with Crippen LogP contribution in [0.5, 0.6) is 0 Å². The third-order valence-electron chi connectivity index (χ3n) is 1.56. The first-order valence-corrected chi connectivity index (χ1v) is 5.44. The first-order chi connectivity index (χ1) is 7.70. The van der Waals surface area contributed by atoms with Crippen LogP contribution in [-0.2, 0) is 14.3 Å². The van der Waals surface area contributed by atoms with Crippen molar-refractivity contribution in [3.63, 3.8) is 0 Å². The normalized spacial score (nSPS) is 9.88. The first-order valence-electron chi connectivity index (χ1n) is 4.91. The molecule has 94 valence electrons. The summed E-state index contributed by atoms with van der Waals surface area (Å²) in [5.41, 5.74) is 0. The van der Waals surface area contributed by atoms with Crippen LogP contribution in [0.25, 0.3) is 0 Å².